The molecule has 0 saturated carbocycles. The first kappa shape index (κ1) is 9.84. The van der Waals surface area contributed by atoms with Gasteiger partial charge in [-0.05, 0) is 18.9 Å². The summed E-state index contributed by atoms with van der Waals surface area (Å²) in [7, 11) is 0. The summed E-state index contributed by atoms with van der Waals surface area (Å²) in [6, 6.07) is 1.71. The Balaban J connectivity index is 2.78. The summed E-state index contributed by atoms with van der Waals surface area (Å²) >= 11 is 0. The smallest absolute Gasteiger partial charge is 0.203 e. The van der Waals surface area contributed by atoms with E-state index in [9.17, 15) is 4.79 Å². The van der Waals surface area contributed by atoms with E-state index >= 15 is 0 Å². The lowest BCUT2D eigenvalue weighted by atomic mass is 9.98. The third-order valence-corrected chi connectivity index (χ3v) is 2.14. The van der Waals surface area contributed by atoms with E-state index < -0.39 is 0 Å². The van der Waals surface area contributed by atoms with Gasteiger partial charge in [0.15, 0.2) is 5.82 Å². The van der Waals surface area contributed by atoms with Crippen LogP contribution in [0.4, 0.5) is 0 Å². The second kappa shape index (κ2) is 4.70. The highest BCUT2D eigenvalue weighted by molar-refractivity contribution is 5.94. The number of carbonyl (C=O) groups excluding carboxylic acids is 1. The van der Waals surface area contributed by atoms with Gasteiger partial charge in [0.1, 0.15) is 0 Å². The molecule has 0 N–H and O–H groups in total. The third kappa shape index (κ3) is 2.34. The fraction of sp³-hybridized carbons (Fsp3) is 0.500. The molecule has 1 aromatic rings. The molecule has 0 aliphatic carbocycles. The molecule has 0 aliphatic heterocycles. The van der Waals surface area contributed by atoms with Gasteiger partial charge in [0.25, 0.3) is 0 Å². The molecule has 0 fully saturated rings. The Hall–Kier alpha value is -1.25. The molecule has 3 heteroatoms. The summed E-state index contributed by atoms with van der Waals surface area (Å²) in [4.78, 5) is 19.6. The zero-order chi connectivity index (χ0) is 9.68. The fourth-order valence-electron chi connectivity index (χ4n) is 1.27. The van der Waals surface area contributed by atoms with Crippen molar-refractivity contribution in [3.8, 4) is 0 Å². The summed E-state index contributed by atoms with van der Waals surface area (Å²) in [5.41, 5.74) is 0. The monoisotopic (exact) mass is 178 g/mol. The molecule has 0 amide bonds. The SMILES string of the molecule is CCC(CC)C(=O)c1ncccn1. The maximum atomic E-state index is 11.7. The van der Waals surface area contributed by atoms with Crippen molar-refractivity contribution in [2.24, 2.45) is 5.92 Å². The Bertz CT molecular complexity index is 268. The minimum Gasteiger partial charge on any atom is -0.290 e. The zero-order valence-corrected chi connectivity index (χ0v) is 8.03. The van der Waals surface area contributed by atoms with Gasteiger partial charge in [-0.2, -0.15) is 0 Å². The molecule has 0 spiro atoms. The van der Waals surface area contributed by atoms with Gasteiger partial charge in [0.2, 0.25) is 5.78 Å². The van der Waals surface area contributed by atoms with E-state index in [0.717, 1.165) is 12.8 Å². The third-order valence-electron chi connectivity index (χ3n) is 2.14. The summed E-state index contributed by atoms with van der Waals surface area (Å²) in [5, 5.41) is 0. The van der Waals surface area contributed by atoms with Gasteiger partial charge in [0.05, 0.1) is 0 Å². The largest absolute Gasteiger partial charge is 0.290 e. The van der Waals surface area contributed by atoms with Gasteiger partial charge >= 0.3 is 0 Å². The normalized spacial score (nSPS) is 10.4. The van der Waals surface area contributed by atoms with Crippen molar-refractivity contribution in [3.63, 3.8) is 0 Å². The number of hydrogen-bond acceptors (Lipinski definition) is 3. The van der Waals surface area contributed by atoms with Gasteiger partial charge in [-0.3, -0.25) is 4.79 Å². The molecule has 0 bridgehead atoms. The molecular formula is C10H14N2O. The lowest BCUT2D eigenvalue weighted by Crippen LogP contribution is -2.15. The first-order chi connectivity index (χ1) is 6.29. The second-order valence-electron chi connectivity index (χ2n) is 2.95. The van der Waals surface area contributed by atoms with Gasteiger partial charge in [-0.15, -0.1) is 0 Å². The van der Waals surface area contributed by atoms with Crippen LogP contribution in [0, 0.1) is 5.92 Å². The molecule has 0 aromatic carbocycles. The molecule has 0 aliphatic rings. The molecule has 1 heterocycles. The van der Waals surface area contributed by atoms with E-state index in [1.807, 2.05) is 13.8 Å². The van der Waals surface area contributed by atoms with Crippen LogP contribution in [-0.4, -0.2) is 15.8 Å². The van der Waals surface area contributed by atoms with Crippen molar-refractivity contribution in [1.82, 2.24) is 9.97 Å². The van der Waals surface area contributed by atoms with E-state index in [1.54, 1.807) is 18.5 Å². The molecule has 0 radical (unpaired) electrons. The number of rotatable bonds is 4. The molecule has 0 unspecified atom stereocenters. The van der Waals surface area contributed by atoms with E-state index in [-0.39, 0.29) is 11.7 Å². The van der Waals surface area contributed by atoms with Crippen molar-refractivity contribution in [1.29, 1.82) is 0 Å². The average molecular weight is 178 g/mol. The Morgan fingerprint density at radius 2 is 1.85 bits per heavy atom. The Morgan fingerprint density at radius 1 is 1.31 bits per heavy atom. The number of Topliss-reactive ketones (excluding diaryl/α,β-unsaturated/α-hetero) is 1. The van der Waals surface area contributed by atoms with Crippen LogP contribution in [0.25, 0.3) is 0 Å². The summed E-state index contributed by atoms with van der Waals surface area (Å²) < 4.78 is 0. The average Bonchev–Trinajstić information content (AvgIpc) is 2.21. The van der Waals surface area contributed by atoms with Crippen molar-refractivity contribution in [2.45, 2.75) is 26.7 Å². The molecule has 0 atom stereocenters. The highest BCUT2D eigenvalue weighted by atomic mass is 16.1. The van der Waals surface area contributed by atoms with Crippen LogP contribution in [0.15, 0.2) is 18.5 Å². The van der Waals surface area contributed by atoms with Crippen molar-refractivity contribution in [3.05, 3.63) is 24.3 Å². The highest BCUT2D eigenvalue weighted by Gasteiger charge is 2.17. The summed E-state index contributed by atoms with van der Waals surface area (Å²) in [5.74, 6) is 0.476. The first-order valence-corrected chi connectivity index (χ1v) is 4.60. The Labute approximate surface area is 78.2 Å². The highest BCUT2D eigenvalue weighted by Crippen LogP contribution is 2.12. The van der Waals surface area contributed by atoms with Crippen molar-refractivity contribution < 1.29 is 4.79 Å². The van der Waals surface area contributed by atoms with Gasteiger partial charge in [0, 0.05) is 18.3 Å². The van der Waals surface area contributed by atoms with Gasteiger partial charge < -0.3 is 0 Å². The second-order valence-corrected chi connectivity index (χ2v) is 2.95. The van der Waals surface area contributed by atoms with Crippen LogP contribution in [0.2, 0.25) is 0 Å². The topological polar surface area (TPSA) is 42.9 Å². The predicted octanol–water partition coefficient (Wildman–Crippen LogP) is 2.10. The maximum absolute atomic E-state index is 11.7. The van der Waals surface area contributed by atoms with E-state index in [2.05, 4.69) is 9.97 Å². The van der Waals surface area contributed by atoms with E-state index in [0.29, 0.717) is 5.82 Å². The minimum absolute atomic E-state index is 0.0607. The number of hydrogen-bond donors (Lipinski definition) is 0. The van der Waals surface area contributed by atoms with Crippen LogP contribution >= 0.6 is 0 Å². The molecule has 70 valence electrons. The molecule has 3 nitrogen and oxygen atoms in total. The minimum atomic E-state index is 0.0607. The van der Waals surface area contributed by atoms with Crippen molar-refractivity contribution in [2.75, 3.05) is 0 Å². The Morgan fingerprint density at radius 3 is 2.31 bits per heavy atom. The number of ketones is 1. The van der Waals surface area contributed by atoms with Gasteiger partial charge in [-0.25, -0.2) is 9.97 Å². The lowest BCUT2D eigenvalue weighted by molar-refractivity contribution is 0.0902. The number of nitrogens with zero attached hydrogens (tertiary/aromatic N) is 2. The molecular weight excluding hydrogens is 164 g/mol. The Kier molecular flexibility index (Phi) is 3.55. The fourth-order valence-corrected chi connectivity index (χ4v) is 1.27. The van der Waals surface area contributed by atoms with Crippen LogP contribution in [0.3, 0.4) is 0 Å². The standard InChI is InChI=1S/C10H14N2O/c1-3-8(4-2)9(13)10-11-6-5-7-12-10/h5-8H,3-4H2,1-2H3. The van der Waals surface area contributed by atoms with Crippen molar-refractivity contribution >= 4 is 5.78 Å². The van der Waals surface area contributed by atoms with Crippen LogP contribution in [-0.2, 0) is 0 Å². The predicted molar refractivity (Wildman–Crippen MR) is 50.4 cm³/mol. The number of carbonyl (C=O) groups is 1. The van der Waals surface area contributed by atoms with Crippen LogP contribution in [0.5, 0.6) is 0 Å². The first-order valence-electron chi connectivity index (χ1n) is 4.60. The van der Waals surface area contributed by atoms with Gasteiger partial charge in [-0.1, -0.05) is 13.8 Å². The lowest BCUT2D eigenvalue weighted by Gasteiger charge is -2.08. The quantitative estimate of drug-likeness (QED) is 0.663. The summed E-state index contributed by atoms with van der Waals surface area (Å²) in [6.07, 6.45) is 4.91. The van der Waals surface area contributed by atoms with E-state index in [1.165, 1.54) is 0 Å². The number of aromatic nitrogens is 2. The van der Waals surface area contributed by atoms with Crippen LogP contribution < -0.4 is 0 Å². The van der Waals surface area contributed by atoms with Crippen LogP contribution in [0.1, 0.15) is 37.3 Å². The molecule has 13 heavy (non-hydrogen) atoms. The molecule has 1 aromatic heterocycles. The maximum Gasteiger partial charge on any atom is 0.203 e. The molecule has 1 rings (SSSR count). The van der Waals surface area contributed by atoms with E-state index in [4.69, 9.17) is 0 Å². The molecule has 0 saturated heterocycles. The zero-order valence-electron chi connectivity index (χ0n) is 8.03. The summed E-state index contributed by atoms with van der Waals surface area (Å²) in [6.45, 7) is 4.02.